The van der Waals surface area contributed by atoms with Crippen LogP contribution in [-0.2, 0) is 14.3 Å². The summed E-state index contributed by atoms with van der Waals surface area (Å²) in [6.07, 6.45) is 11.5. The van der Waals surface area contributed by atoms with Gasteiger partial charge in [-0.25, -0.2) is 0 Å². The summed E-state index contributed by atoms with van der Waals surface area (Å²) in [5.41, 5.74) is 5.36. The summed E-state index contributed by atoms with van der Waals surface area (Å²) < 4.78 is 27.1. The number of benzene rings is 2. The molecule has 0 aliphatic rings. The SMILES string of the molecule is CCC[CH2][Sn]([CH2]CCC)([O]c1cccc(CC)c1C)[O][Sn]([CH2]CCC)([CH2]CCC)[O]c1cccc(CC)c1C. The predicted molar refractivity (Wildman–Crippen MR) is 174 cm³/mol. The molecule has 0 unspecified atom stereocenters. The number of hydrogen-bond acceptors (Lipinski definition) is 3. The normalized spacial score (nSPS) is 12.1. The second kappa shape index (κ2) is 18.2. The van der Waals surface area contributed by atoms with Gasteiger partial charge in [-0.2, -0.15) is 0 Å². The van der Waals surface area contributed by atoms with Crippen LogP contribution in [0.3, 0.4) is 0 Å². The molecule has 5 heteroatoms. The van der Waals surface area contributed by atoms with Gasteiger partial charge in [-0.3, -0.25) is 0 Å². The monoisotopic (exact) mass is 754 g/mol. The molecule has 0 aromatic heterocycles. The first kappa shape index (κ1) is 34.8. The molecule has 0 spiro atoms. The van der Waals surface area contributed by atoms with Crippen molar-refractivity contribution in [1.29, 1.82) is 0 Å². The third kappa shape index (κ3) is 10.4. The Balaban J connectivity index is 2.66. The Bertz CT molecular complexity index is 881. The van der Waals surface area contributed by atoms with Crippen LogP contribution in [0, 0.1) is 13.8 Å². The molecule has 0 atom stereocenters. The molecule has 2 aromatic carbocycles. The maximum absolute atomic E-state index is 7.87. The van der Waals surface area contributed by atoms with E-state index >= 15 is 0 Å². The standard InChI is InChI=1S/2C9H12O.4C4H9.O.2Sn/c2*1-3-8-5-4-6-9(10)7(8)2;4*1-3-4-2;;;/h2*4-6,10H,3H2,1-2H3;4*1,3-4H2,2H3;;;/q;;;;;;;2*+1/p-2. The van der Waals surface area contributed by atoms with Crippen LogP contribution in [0.2, 0.25) is 17.7 Å². The molecule has 0 aliphatic carbocycles. The second-order valence-corrected chi connectivity index (χ2v) is 33.1. The zero-order valence-electron chi connectivity index (χ0n) is 26.6. The van der Waals surface area contributed by atoms with E-state index in [2.05, 4.69) is 91.8 Å². The van der Waals surface area contributed by atoms with Crippen molar-refractivity contribution in [3.8, 4) is 11.5 Å². The summed E-state index contributed by atoms with van der Waals surface area (Å²) in [4.78, 5) is 0. The summed E-state index contributed by atoms with van der Waals surface area (Å²) >= 11 is -7.22. The van der Waals surface area contributed by atoms with Gasteiger partial charge >= 0.3 is 253 Å². The van der Waals surface area contributed by atoms with E-state index in [4.69, 9.17) is 7.56 Å². The van der Waals surface area contributed by atoms with E-state index in [9.17, 15) is 0 Å². The molecular weight excluding hydrogens is 694 g/mol. The maximum atomic E-state index is 7.87. The molecule has 0 saturated carbocycles. The van der Waals surface area contributed by atoms with Crippen LogP contribution in [0.5, 0.6) is 11.5 Å². The Labute approximate surface area is 251 Å². The van der Waals surface area contributed by atoms with Gasteiger partial charge in [-0.05, 0) is 0 Å². The average Bonchev–Trinajstić information content (AvgIpc) is 2.95. The molecule has 0 radical (unpaired) electrons. The van der Waals surface area contributed by atoms with Gasteiger partial charge < -0.3 is 0 Å². The molecule has 3 nitrogen and oxygen atoms in total. The first-order chi connectivity index (χ1) is 18.8. The topological polar surface area (TPSA) is 27.7 Å². The molecule has 0 amide bonds. The summed E-state index contributed by atoms with van der Waals surface area (Å²) in [6.45, 7) is 18.2. The Kier molecular flexibility index (Phi) is 16.2. The first-order valence-electron chi connectivity index (χ1n) is 16.1. The zero-order chi connectivity index (χ0) is 28.7. The number of aryl methyl sites for hydroxylation is 2. The fourth-order valence-corrected chi connectivity index (χ4v) is 47.6. The third-order valence-electron chi connectivity index (χ3n) is 8.16. The van der Waals surface area contributed by atoms with Crippen molar-refractivity contribution in [2.75, 3.05) is 0 Å². The van der Waals surface area contributed by atoms with Gasteiger partial charge in [0.2, 0.25) is 0 Å². The third-order valence-corrected chi connectivity index (χ3v) is 40.6. The number of hydrogen-bond donors (Lipinski definition) is 0. The van der Waals surface area contributed by atoms with Crippen molar-refractivity contribution < 1.29 is 7.56 Å². The van der Waals surface area contributed by atoms with Crippen LogP contribution in [0.15, 0.2) is 36.4 Å². The van der Waals surface area contributed by atoms with E-state index in [0.29, 0.717) is 0 Å². The molecule has 0 fully saturated rings. The Morgan fingerprint density at radius 2 is 0.846 bits per heavy atom. The summed E-state index contributed by atoms with van der Waals surface area (Å²) in [7, 11) is 0. The van der Waals surface area contributed by atoms with Crippen molar-refractivity contribution in [2.45, 2.75) is 137 Å². The minimum atomic E-state index is -3.61. The molecule has 0 aliphatic heterocycles. The number of unbranched alkanes of at least 4 members (excludes halogenated alkanes) is 4. The Hall–Kier alpha value is -0.403. The van der Waals surface area contributed by atoms with Crippen molar-refractivity contribution >= 4 is 38.4 Å². The predicted octanol–water partition coefficient (Wildman–Crippen LogP) is 11.0. The first-order valence-corrected chi connectivity index (χ1v) is 28.8. The van der Waals surface area contributed by atoms with E-state index in [-0.39, 0.29) is 0 Å². The van der Waals surface area contributed by atoms with Crippen LogP contribution in [0.4, 0.5) is 0 Å². The zero-order valence-corrected chi connectivity index (χ0v) is 32.3. The number of rotatable bonds is 20. The summed E-state index contributed by atoms with van der Waals surface area (Å²) in [5.74, 6) is 2.15. The van der Waals surface area contributed by atoms with Gasteiger partial charge in [0.25, 0.3) is 0 Å². The van der Waals surface area contributed by atoms with E-state index in [1.54, 1.807) is 0 Å². The molecule has 0 saturated heterocycles. The molecule has 220 valence electrons. The van der Waals surface area contributed by atoms with Gasteiger partial charge in [0.15, 0.2) is 0 Å². The van der Waals surface area contributed by atoms with Gasteiger partial charge in [0.1, 0.15) is 0 Å². The van der Waals surface area contributed by atoms with E-state index in [1.807, 2.05) is 0 Å². The van der Waals surface area contributed by atoms with Gasteiger partial charge in [-0.1, -0.05) is 0 Å². The second-order valence-electron chi connectivity index (χ2n) is 11.3. The fourth-order valence-electron chi connectivity index (χ4n) is 5.53. The van der Waals surface area contributed by atoms with Crippen molar-refractivity contribution in [2.24, 2.45) is 0 Å². The van der Waals surface area contributed by atoms with E-state index in [0.717, 1.165) is 42.1 Å². The van der Waals surface area contributed by atoms with E-state index < -0.39 is 38.4 Å². The molecule has 39 heavy (non-hydrogen) atoms. The van der Waals surface area contributed by atoms with Crippen molar-refractivity contribution in [1.82, 2.24) is 0 Å². The van der Waals surface area contributed by atoms with E-state index in [1.165, 1.54) is 73.6 Å². The summed E-state index contributed by atoms with van der Waals surface area (Å²) in [5, 5.41) is 0. The Morgan fingerprint density at radius 3 is 1.13 bits per heavy atom. The molecule has 2 aromatic rings. The summed E-state index contributed by atoms with van der Waals surface area (Å²) in [6, 6.07) is 13.3. The van der Waals surface area contributed by atoms with Crippen molar-refractivity contribution in [3.05, 3.63) is 58.7 Å². The molecule has 0 N–H and O–H groups in total. The molecule has 2 rings (SSSR count). The van der Waals surface area contributed by atoms with Crippen LogP contribution in [-0.4, -0.2) is 38.4 Å². The van der Waals surface area contributed by atoms with Crippen molar-refractivity contribution in [3.63, 3.8) is 0 Å². The molecule has 0 bridgehead atoms. The van der Waals surface area contributed by atoms with Crippen LogP contribution in [0.1, 0.15) is 115 Å². The van der Waals surface area contributed by atoms with Crippen LogP contribution < -0.4 is 6.15 Å². The average molecular weight is 752 g/mol. The van der Waals surface area contributed by atoms with Crippen LogP contribution in [0.25, 0.3) is 0 Å². The van der Waals surface area contributed by atoms with Gasteiger partial charge in [-0.15, -0.1) is 0 Å². The minimum absolute atomic E-state index is 1.03. The van der Waals surface area contributed by atoms with Gasteiger partial charge in [0, 0.05) is 0 Å². The quantitative estimate of drug-likeness (QED) is 0.126. The van der Waals surface area contributed by atoms with Gasteiger partial charge in [0.05, 0.1) is 0 Å². The fraction of sp³-hybridized carbons (Fsp3) is 0.647. The molecular formula is C34H58O3Sn2. The van der Waals surface area contributed by atoms with Crippen LogP contribution >= 0.6 is 0 Å². The Morgan fingerprint density at radius 1 is 0.513 bits per heavy atom. The molecule has 0 heterocycles.